The first-order chi connectivity index (χ1) is 8.18. The van der Waals surface area contributed by atoms with E-state index >= 15 is 0 Å². The van der Waals surface area contributed by atoms with E-state index in [1.54, 1.807) is 11.3 Å². The number of carbonyl (C=O) groups excluding carboxylic acids is 1. The minimum absolute atomic E-state index is 0.125. The maximum Gasteiger partial charge on any atom is 0.242 e. The molecule has 1 atom stereocenters. The molecule has 2 rings (SSSR count). The van der Waals surface area contributed by atoms with Crippen molar-refractivity contribution in [3.63, 3.8) is 0 Å². The van der Waals surface area contributed by atoms with E-state index in [1.807, 2.05) is 35.9 Å². The first-order valence-corrected chi connectivity index (χ1v) is 7.04. The Bertz CT molecular complexity index is 490. The number of carbonyl (C=O) groups is 1. The fourth-order valence-corrected chi connectivity index (χ4v) is 3.03. The third kappa shape index (κ3) is 2.94. The van der Waals surface area contributed by atoms with E-state index in [1.165, 1.54) is 21.8 Å². The summed E-state index contributed by atoms with van der Waals surface area (Å²) in [6.45, 7) is 2.60. The van der Waals surface area contributed by atoms with E-state index in [0.717, 1.165) is 4.88 Å². The summed E-state index contributed by atoms with van der Waals surface area (Å²) in [6, 6.07) is 5.27. The van der Waals surface area contributed by atoms with E-state index in [0.29, 0.717) is 6.54 Å². The van der Waals surface area contributed by atoms with Crippen LogP contribution in [0.2, 0.25) is 0 Å². The molecule has 2 aromatic rings. The first kappa shape index (κ1) is 12.3. The fraction of sp³-hybridized carbons (Fsp3) is 0.250. The second-order valence-electron chi connectivity index (χ2n) is 3.74. The van der Waals surface area contributed by atoms with Gasteiger partial charge in [0.1, 0.15) is 6.04 Å². The molecular formula is C12H14N2OS2. The highest BCUT2D eigenvalue weighted by Gasteiger charge is 2.16. The van der Waals surface area contributed by atoms with Gasteiger partial charge in [0.05, 0.1) is 6.54 Å². The van der Waals surface area contributed by atoms with Crippen LogP contribution in [0.1, 0.15) is 21.4 Å². The van der Waals surface area contributed by atoms with Crippen molar-refractivity contribution in [3.05, 3.63) is 44.3 Å². The maximum absolute atomic E-state index is 11.8. The number of nitrogens with one attached hydrogen (secondary N) is 1. The zero-order valence-electron chi connectivity index (χ0n) is 9.47. The van der Waals surface area contributed by atoms with Gasteiger partial charge in [-0.3, -0.25) is 4.79 Å². The quantitative estimate of drug-likeness (QED) is 0.893. The molecular weight excluding hydrogens is 252 g/mol. The number of aryl methyl sites for hydroxylation is 1. The number of thiophene rings is 2. The van der Waals surface area contributed by atoms with Gasteiger partial charge in [0.25, 0.3) is 0 Å². The molecule has 17 heavy (non-hydrogen) atoms. The summed E-state index contributed by atoms with van der Waals surface area (Å²) in [4.78, 5) is 13.9. The number of hydrogen-bond donors (Lipinski definition) is 2. The molecule has 2 heterocycles. The Morgan fingerprint density at radius 2 is 2.24 bits per heavy atom. The van der Waals surface area contributed by atoms with Gasteiger partial charge < -0.3 is 11.1 Å². The standard InChI is InChI=1S/C12H14N2OS2/c1-8-4-6-17-10(8)7-14-12(15)11(13)9-3-2-5-16-9/h2-6,11H,7,13H2,1H3,(H,14,15). The zero-order valence-corrected chi connectivity index (χ0v) is 11.1. The number of nitrogens with two attached hydrogens (primary N) is 1. The van der Waals surface area contributed by atoms with Crippen LogP contribution in [0.4, 0.5) is 0 Å². The third-order valence-electron chi connectivity index (χ3n) is 2.52. The Kier molecular flexibility index (Phi) is 3.93. The van der Waals surface area contributed by atoms with Crippen LogP contribution >= 0.6 is 22.7 Å². The molecule has 0 aliphatic carbocycles. The van der Waals surface area contributed by atoms with Crippen molar-refractivity contribution < 1.29 is 4.79 Å². The topological polar surface area (TPSA) is 55.1 Å². The highest BCUT2D eigenvalue weighted by Crippen LogP contribution is 2.18. The first-order valence-electron chi connectivity index (χ1n) is 5.28. The van der Waals surface area contributed by atoms with Gasteiger partial charge in [0, 0.05) is 9.75 Å². The zero-order chi connectivity index (χ0) is 12.3. The summed E-state index contributed by atoms with van der Waals surface area (Å²) in [6.07, 6.45) is 0. The number of hydrogen-bond acceptors (Lipinski definition) is 4. The Hall–Kier alpha value is -1.17. The Balaban J connectivity index is 1.92. The second-order valence-corrected chi connectivity index (χ2v) is 5.72. The molecule has 90 valence electrons. The van der Waals surface area contributed by atoms with Gasteiger partial charge in [0.15, 0.2) is 0 Å². The van der Waals surface area contributed by atoms with Gasteiger partial charge in [-0.15, -0.1) is 22.7 Å². The lowest BCUT2D eigenvalue weighted by Gasteiger charge is -2.10. The average Bonchev–Trinajstić information content (AvgIpc) is 2.96. The molecule has 2 aromatic heterocycles. The van der Waals surface area contributed by atoms with Crippen LogP contribution in [0.5, 0.6) is 0 Å². The minimum Gasteiger partial charge on any atom is -0.350 e. The van der Waals surface area contributed by atoms with Crippen LogP contribution in [0.15, 0.2) is 29.0 Å². The van der Waals surface area contributed by atoms with Crippen molar-refractivity contribution in [2.24, 2.45) is 5.73 Å². The molecule has 3 N–H and O–H groups in total. The SMILES string of the molecule is Cc1ccsc1CNC(=O)C(N)c1cccs1. The molecule has 0 spiro atoms. The van der Waals surface area contributed by atoms with Crippen LogP contribution in [-0.2, 0) is 11.3 Å². The summed E-state index contributed by atoms with van der Waals surface area (Å²) in [7, 11) is 0. The molecule has 0 saturated carbocycles. The largest absolute Gasteiger partial charge is 0.350 e. The van der Waals surface area contributed by atoms with Crippen molar-refractivity contribution in [1.82, 2.24) is 5.32 Å². The summed E-state index contributed by atoms with van der Waals surface area (Å²) >= 11 is 3.15. The van der Waals surface area contributed by atoms with Crippen LogP contribution in [0.25, 0.3) is 0 Å². The Morgan fingerprint density at radius 1 is 1.41 bits per heavy atom. The van der Waals surface area contributed by atoms with Crippen molar-refractivity contribution in [2.45, 2.75) is 19.5 Å². The van der Waals surface area contributed by atoms with E-state index in [9.17, 15) is 4.79 Å². The molecule has 0 saturated heterocycles. The fourth-order valence-electron chi connectivity index (χ4n) is 1.46. The molecule has 0 radical (unpaired) electrons. The normalized spacial score (nSPS) is 12.4. The molecule has 1 unspecified atom stereocenters. The van der Waals surface area contributed by atoms with Crippen LogP contribution < -0.4 is 11.1 Å². The highest BCUT2D eigenvalue weighted by molar-refractivity contribution is 7.10. The second kappa shape index (κ2) is 5.44. The van der Waals surface area contributed by atoms with Crippen molar-refractivity contribution in [3.8, 4) is 0 Å². The number of amides is 1. The molecule has 0 bridgehead atoms. The molecule has 0 aromatic carbocycles. The van der Waals surface area contributed by atoms with E-state index < -0.39 is 6.04 Å². The van der Waals surface area contributed by atoms with Crippen molar-refractivity contribution >= 4 is 28.6 Å². The van der Waals surface area contributed by atoms with E-state index in [2.05, 4.69) is 5.32 Å². The highest BCUT2D eigenvalue weighted by atomic mass is 32.1. The van der Waals surface area contributed by atoms with Crippen LogP contribution in [0.3, 0.4) is 0 Å². The number of rotatable bonds is 4. The predicted octanol–water partition coefficient (Wildman–Crippen LogP) is 2.43. The molecule has 5 heteroatoms. The van der Waals surface area contributed by atoms with Gasteiger partial charge in [-0.1, -0.05) is 6.07 Å². The smallest absolute Gasteiger partial charge is 0.242 e. The van der Waals surface area contributed by atoms with E-state index in [-0.39, 0.29) is 5.91 Å². The molecule has 0 aliphatic rings. The Labute approximate surface area is 108 Å². The molecule has 3 nitrogen and oxygen atoms in total. The van der Waals surface area contributed by atoms with Gasteiger partial charge in [-0.25, -0.2) is 0 Å². The summed E-state index contributed by atoms with van der Waals surface area (Å²) in [5.41, 5.74) is 7.07. The summed E-state index contributed by atoms with van der Waals surface area (Å²) in [5, 5.41) is 6.81. The monoisotopic (exact) mass is 266 g/mol. The summed E-state index contributed by atoms with van der Waals surface area (Å²) in [5.74, 6) is -0.125. The minimum atomic E-state index is -0.560. The average molecular weight is 266 g/mol. The molecule has 0 aliphatic heterocycles. The Morgan fingerprint density at radius 3 is 2.82 bits per heavy atom. The van der Waals surface area contributed by atoms with Gasteiger partial charge in [-0.2, -0.15) is 0 Å². The van der Waals surface area contributed by atoms with Gasteiger partial charge >= 0.3 is 0 Å². The lowest BCUT2D eigenvalue weighted by atomic mass is 10.2. The predicted molar refractivity (Wildman–Crippen MR) is 72.2 cm³/mol. The van der Waals surface area contributed by atoms with Gasteiger partial charge in [-0.05, 0) is 35.4 Å². The molecule has 1 amide bonds. The van der Waals surface area contributed by atoms with Gasteiger partial charge in [0.2, 0.25) is 5.91 Å². The van der Waals surface area contributed by atoms with Crippen LogP contribution in [-0.4, -0.2) is 5.91 Å². The molecule has 0 fully saturated rings. The third-order valence-corrected chi connectivity index (χ3v) is 4.50. The van der Waals surface area contributed by atoms with E-state index in [4.69, 9.17) is 5.73 Å². The van der Waals surface area contributed by atoms with Crippen molar-refractivity contribution in [1.29, 1.82) is 0 Å². The van der Waals surface area contributed by atoms with Crippen molar-refractivity contribution in [2.75, 3.05) is 0 Å². The summed E-state index contributed by atoms with van der Waals surface area (Å²) < 4.78 is 0. The maximum atomic E-state index is 11.8. The lowest BCUT2D eigenvalue weighted by molar-refractivity contribution is -0.122. The lowest BCUT2D eigenvalue weighted by Crippen LogP contribution is -2.33. The van der Waals surface area contributed by atoms with Crippen LogP contribution in [0, 0.1) is 6.92 Å².